The SMILES string of the molecule is CCN(CC)CCC(NC)c1cc(C)cc(F)c1. The van der Waals surface area contributed by atoms with Crippen LogP contribution in [0.1, 0.15) is 37.4 Å². The molecular formula is C15H25FN2. The van der Waals surface area contributed by atoms with Crippen LogP contribution in [0.25, 0.3) is 0 Å². The number of benzene rings is 1. The molecule has 1 unspecified atom stereocenters. The van der Waals surface area contributed by atoms with Gasteiger partial charge in [0.15, 0.2) is 0 Å². The van der Waals surface area contributed by atoms with E-state index < -0.39 is 0 Å². The van der Waals surface area contributed by atoms with Crippen molar-refractivity contribution in [3.05, 3.63) is 35.1 Å². The standard InChI is InChI=1S/C15H25FN2/c1-5-18(6-2)8-7-15(17-4)13-9-12(3)10-14(16)11-13/h9-11,15,17H,5-8H2,1-4H3. The molecule has 1 aromatic carbocycles. The van der Waals surface area contributed by atoms with E-state index >= 15 is 0 Å². The van der Waals surface area contributed by atoms with Gasteiger partial charge in [-0.2, -0.15) is 0 Å². The first kappa shape index (κ1) is 15.1. The number of aryl methyl sites for hydroxylation is 1. The Balaban J connectivity index is 2.70. The molecule has 0 heterocycles. The average Bonchev–Trinajstić information content (AvgIpc) is 2.33. The molecule has 18 heavy (non-hydrogen) atoms. The molecule has 0 saturated heterocycles. The monoisotopic (exact) mass is 252 g/mol. The first-order chi connectivity index (χ1) is 8.60. The van der Waals surface area contributed by atoms with Crippen LogP contribution in [0.3, 0.4) is 0 Å². The van der Waals surface area contributed by atoms with Crippen LogP contribution < -0.4 is 5.32 Å². The van der Waals surface area contributed by atoms with E-state index in [-0.39, 0.29) is 11.9 Å². The minimum atomic E-state index is -0.145. The minimum absolute atomic E-state index is 0.145. The Kier molecular flexibility index (Phi) is 6.30. The lowest BCUT2D eigenvalue weighted by Gasteiger charge is -2.23. The van der Waals surface area contributed by atoms with Gasteiger partial charge in [0, 0.05) is 6.04 Å². The molecule has 102 valence electrons. The molecule has 0 bridgehead atoms. The molecule has 0 aliphatic carbocycles. The van der Waals surface area contributed by atoms with Crippen molar-refractivity contribution < 1.29 is 4.39 Å². The highest BCUT2D eigenvalue weighted by Gasteiger charge is 2.12. The molecule has 0 radical (unpaired) electrons. The van der Waals surface area contributed by atoms with Crippen LogP contribution in [-0.2, 0) is 0 Å². The lowest BCUT2D eigenvalue weighted by atomic mass is 10.0. The number of halogens is 1. The summed E-state index contributed by atoms with van der Waals surface area (Å²) in [5.74, 6) is -0.145. The van der Waals surface area contributed by atoms with E-state index in [0.29, 0.717) is 0 Å². The van der Waals surface area contributed by atoms with E-state index in [1.807, 2.05) is 14.0 Å². The molecule has 0 aliphatic heterocycles. The van der Waals surface area contributed by atoms with Crippen molar-refractivity contribution in [1.82, 2.24) is 10.2 Å². The minimum Gasteiger partial charge on any atom is -0.313 e. The Labute approximate surface area is 110 Å². The fourth-order valence-corrected chi connectivity index (χ4v) is 2.29. The fourth-order valence-electron chi connectivity index (χ4n) is 2.29. The van der Waals surface area contributed by atoms with E-state index in [0.717, 1.165) is 37.2 Å². The van der Waals surface area contributed by atoms with Gasteiger partial charge >= 0.3 is 0 Å². The highest BCUT2D eigenvalue weighted by Crippen LogP contribution is 2.19. The summed E-state index contributed by atoms with van der Waals surface area (Å²) < 4.78 is 13.4. The summed E-state index contributed by atoms with van der Waals surface area (Å²) in [6.07, 6.45) is 1.00. The van der Waals surface area contributed by atoms with Crippen molar-refractivity contribution in [2.75, 3.05) is 26.7 Å². The van der Waals surface area contributed by atoms with Crippen LogP contribution in [0.5, 0.6) is 0 Å². The zero-order chi connectivity index (χ0) is 13.5. The molecule has 0 aliphatic rings. The van der Waals surface area contributed by atoms with Crippen LogP contribution in [0.2, 0.25) is 0 Å². The quantitative estimate of drug-likeness (QED) is 0.802. The van der Waals surface area contributed by atoms with E-state index in [4.69, 9.17) is 0 Å². The van der Waals surface area contributed by atoms with Crippen molar-refractivity contribution in [3.8, 4) is 0 Å². The summed E-state index contributed by atoms with van der Waals surface area (Å²) in [6, 6.07) is 5.49. The van der Waals surface area contributed by atoms with Crippen LogP contribution >= 0.6 is 0 Å². The van der Waals surface area contributed by atoms with Crippen LogP contribution in [-0.4, -0.2) is 31.6 Å². The van der Waals surface area contributed by atoms with Gasteiger partial charge in [-0.05, 0) is 63.3 Å². The Morgan fingerprint density at radius 3 is 2.39 bits per heavy atom. The maximum Gasteiger partial charge on any atom is 0.123 e. The van der Waals surface area contributed by atoms with Crippen LogP contribution in [0, 0.1) is 12.7 Å². The average molecular weight is 252 g/mol. The molecule has 1 aromatic rings. The second kappa shape index (κ2) is 7.49. The fraction of sp³-hybridized carbons (Fsp3) is 0.600. The topological polar surface area (TPSA) is 15.3 Å². The van der Waals surface area contributed by atoms with Crippen molar-refractivity contribution >= 4 is 0 Å². The van der Waals surface area contributed by atoms with Crippen molar-refractivity contribution in [2.24, 2.45) is 0 Å². The van der Waals surface area contributed by atoms with Gasteiger partial charge in [0.05, 0.1) is 0 Å². The largest absolute Gasteiger partial charge is 0.313 e. The first-order valence-corrected chi connectivity index (χ1v) is 6.77. The maximum absolute atomic E-state index is 13.4. The highest BCUT2D eigenvalue weighted by molar-refractivity contribution is 5.26. The smallest absolute Gasteiger partial charge is 0.123 e. The number of hydrogen-bond acceptors (Lipinski definition) is 2. The molecule has 1 atom stereocenters. The third-order valence-corrected chi connectivity index (χ3v) is 3.44. The van der Waals surface area contributed by atoms with Gasteiger partial charge in [0.2, 0.25) is 0 Å². The third kappa shape index (κ3) is 4.39. The first-order valence-electron chi connectivity index (χ1n) is 6.77. The zero-order valence-corrected chi connectivity index (χ0v) is 12.0. The molecule has 0 spiro atoms. The molecule has 0 fully saturated rings. The zero-order valence-electron chi connectivity index (χ0n) is 12.0. The van der Waals surface area contributed by atoms with Gasteiger partial charge in [0.25, 0.3) is 0 Å². The third-order valence-electron chi connectivity index (χ3n) is 3.44. The number of rotatable bonds is 7. The van der Waals surface area contributed by atoms with Gasteiger partial charge in [-0.25, -0.2) is 4.39 Å². The van der Waals surface area contributed by atoms with Gasteiger partial charge in [-0.3, -0.25) is 0 Å². The normalized spacial score (nSPS) is 13.0. The van der Waals surface area contributed by atoms with Gasteiger partial charge < -0.3 is 10.2 Å². The molecule has 0 saturated carbocycles. The Hall–Kier alpha value is -0.930. The number of nitrogens with one attached hydrogen (secondary N) is 1. The van der Waals surface area contributed by atoms with Crippen LogP contribution in [0.15, 0.2) is 18.2 Å². The number of nitrogens with zero attached hydrogens (tertiary/aromatic N) is 1. The summed E-state index contributed by atoms with van der Waals surface area (Å²) in [7, 11) is 1.94. The second-order valence-corrected chi connectivity index (χ2v) is 4.72. The molecule has 2 nitrogen and oxygen atoms in total. The Bertz CT molecular complexity index is 341. The van der Waals surface area contributed by atoms with Crippen molar-refractivity contribution in [3.63, 3.8) is 0 Å². The van der Waals surface area contributed by atoms with E-state index in [2.05, 4.69) is 30.1 Å². The van der Waals surface area contributed by atoms with Crippen molar-refractivity contribution in [2.45, 2.75) is 33.2 Å². The Morgan fingerprint density at radius 2 is 1.89 bits per heavy atom. The van der Waals surface area contributed by atoms with Gasteiger partial charge in [0.1, 0.15) is 5.82 Å². The maximum atomic E-state index is 13.4. The summed E-state index contributed by atoms with van der Waals surface area (Å²) in [5, 5.41) is 3.28. The highest BCUT2D eigenvalue weighted by atomic mass is 19.1. The number of hydrogen-bond donors (Lipinski definition) is 1. The van der Waals surface area contributed by atoms with E-state index in [9.17, 15) is 4.39 Å². The molecular weight excluding hydrogens is 227 g/mol. The van der Waals surface area contributed by atoms with Gasteiger partial charge in [-0.1, -0.05) is 19.9 Å². The molecule has 1 N–H and O–H groups in total. The Morgan fingerprint density at radius 1 is 1.22 bits per heavy atom. The summed E-state index contributed by atoms with van der Waals surface area (Å²) in [4.78, 5) is 2.39. The molecule has 0 aromatic heterocycles. The predicted octanol–water partition coefficient (Wildman–Crippen LogP) is 3.13. The molecule has 3 heteroatoms. The summed E-state index contributed by atoms with van der Waals surface area (Å²) in [6.45, 7) is 9.44. The summed E-state index contributed by atoms with van der Waals surface area (Å²) >= 11 is 0. The van der Waals surface area contributed by atoms with E-state index in [1.165, 1.54) is 0 Å². The molecule has 1 rings (SSSR count). The predicted molar refractivity (Wildman–Crippen MR) is 75.3 cm³/mol. The van der Waals surface area contributed by atoms with Crippen molar-refractivity contribution in [1.29, 1.82) is 0 Å². The lowest BCUT2D eigenvalue weighted by Crippen LogP contribution is -2.28. The lowest BCUT2D eigenvalue weighted by molar-refractivity contribution is 0.284. The van der Waals surface area contributed by atoms with E-state index in [1.54, 1.807) is 12.1 Å². The summed E-state index contributed by atoms with van der Waals surface area (Å²) in [5.41, 5.74) is 2.02. The second-order valence-electron chi connectivity index (χ2n) is 4.72. The van der Waals surface area contributed by atoms with Gasteiger partial charge in [-0.15, -0.1) is 0 Å². The van der Waals surface area contributed by atoms with Crippen LogP contribution in [0.4, 0.5) is 4.39 Å². The molecule has 0 amide bonds.